The zero-order chi connectivity index (χ0) is 14.3. The average Bonchev–Trinajstić information content (AvgIpc) is 2.44. The first-order chi connectivity index (χ1) is 9.08. The van der Waals surface area contributed by atoms with Crippen molar-refractivity contribution in [3.63, 3.8) is 0 Å². The van der Waals surface area contributed by atoms with Crippen molar-refractivity contribution in [2.75, 3.05) is 6.61 Å². The van der Waals surface area contributed by atoms with Gasteiger partial charge in [0.25, 0.3) is 5.91 Å². The minimum Gasteiger partial charge on any atom is -0.459 e. The Balaban J connectivity index is 2.50. The number of carbonyl (C=O) groups is 3. The number of halogens is 1. The molecule has 0 saturated carbocycles. The van der Waals surface area contributed by atoms with Crippen LogP contribution in [0, 0.1) is 0 Å². The lowest BCUT2D eigenvalue weighted by molar-refractivity contribution is -0.154. The maximum Gasteiger partial charge on any atom is 0.398 e. The van der Waals surface area contributed by atoms with Gasteiger partial charge in [-0.3, -0.25) is 25.4 Å². The van der Waals surface area contributed by atoms with E-state index in [1.807, 2.05) is 10.9 Å². The summed E-state index contributed by atoms with van der Waals surface area (Å²) in [6.45, 7) is 1.59. The van der Waals surface area contributed by atoms with Crippen molar-refractivity contribution in [3.05, 3.63) is 29.8 Å². The molecule has 0 aliphatic heterocycles. The van der Waals surface area contributed by atoms with E-state index in [9.17, 15) is 18.9 Å². The van der Waals surface area contributed by atoms with Gasteiger partial charge in [0, 0.05) is 10.1 Å². The lowest BCUT2D eigenvalue weighted by Gasteiger charge is -2.06. The zero-order valence-corrected chi connectivity index (χ0v) is 9.94. The lowest BCUT2D eigenvalue weighted by atomic mass is 10.2. The van der Waals surface area contributed by atoms with Gasteiger partial charge in [0.05, 0.1) is 6.61 Å². The first-order valence-electron chi connectivity index (χ1n) is 5.24. The SMILES string of the molecule is CCOC(=O)C(=O)NNC(=O)c1ccc(OF)cc1. The summed E-state index contributed by atoms with van der Waals surface area (Å²) >= 11 is 0. The number of hydrogen-bond acceptors (Lipinski definition) is 5. The van der Waals surface area contributed by atoms with E-state index in [1.165, 1.54) is 31.2 Å². The fraction of sp³-hybridized carbons (Fsp3) is 0.182. The van der Waals surface area contributed by atoms with Gasteiger partial charge in [-0.25, -0.2) is 4.79 Å². The quantitative estimate of drug-likeness (QED) is 0.467. The Hall–Kier alpha value is -2.64. The Morgan fingerprint density at radius 3 is 2.32 bits per heavy atom. The Bertz CT molecular complexity index is 474. The molecule has 7 nitrogen and oxygen atoms in total. The summed E-state index contributed by atoms with van der Waals surface area (Å²) in [7, 11) is 0. The average molecular weight is 270 g/mol. The van der Waals surface area contributed by atoms with Crippen LogP contribution >= 0.6 is 0 Å². The predicted molar refractivity (Wildman–Crippen MR) is 60.4 cm³/mol. The molecule has 0 aliphatic rings. The highest BCUT2D eigenvalue weighted by Crippen LogP contribution is 2.11. The van der Waals surface area contributed by atoms with E-state index in [-0.39, 0.29) is 17.9 Å². The molecule has 0 bridgehead atoms. The van der Waals surface area contributed by atoms with Gasteiger partial charge in [0.1, 0.15) is 0 Å². The van der Waals surface area contributed by atoms with Crippen LogP contribution in [0.2, 0.25) is 0 Å². The van der Waals surface area contributed by atoms with E-state index in [4.69, 9.17) is 0 Å². The van der Waals surface area contributed by atoms with Crippen molar-refractivity contribution in [2.45, 2.75) is 6.92 Å². The molecule has 0 spiro atoms. The molecule has 0 radical (unpaired) electrons. The van der Waals surface area contributed by atoms with Crippen molar-refractivity contribution in [1.29, 1.82) is 0 Å². The van der Waals surface area contributed by atoms with Gasteiger partial charge in [-0.15, -0.1) is 0 Å². The number of esters is 1. The van der Waals surface area contributed by atoms with E-state index < -0.39 is 17.8 Å². The largest absolute Gasteiger partial charge is 0.459 e. The highest BCUT2D eigenvalue weighted by Gasteiger charge is 2.15. The van der Waals surface area contributed by atoms with E-state index in [0.717, 1.165) is 0 Å². The van der Waals surface area contributed by atoms with Crippen LogP contribution in [0.1, 0.15) is 17.3 Å². The maximum atomic E-state index is 11.8. The second-order valence-electron chi connectivity index (χ2n) is 3.23. The molecule has 0 unspecified atom stereocenters. The number of nitrogens with one attached hydrogen (secondary N) is 2. The third-order valence-corrected chi connectivity index (χ3v) is 1.96. The third-order valence-electron chi connectivity index (χ3n) is 1.96. The summed E-state index contributed by atoms with van der Waals surface area (Å²) in [5.74, 6) is -2.95. The number of amides is 2. The fourth-order valence-corrected chi connectivity index (χ4v) is 1.09. The van der Waals surface area contributed by atoms with Crippen LogP contribution in [-0.4, -0.2) is 24.4 Å². The first kappa shape index (κ1) is 14.4. The minimum absolute atomic E-state index is 0.0465. The molecule has 0 aliphatic carbocycles. The molecule has 0 heterocycles. The van der Waals surface area contributed by atoms with Gasteiger partial charge in [-0.2, -0.15) is 0 Å². The molecule has 1 aromatic rings. The Labute approximate surface area is 107 Å². The smallest absolute Gasteiger partial charge is 0.398 e. The normalized spacial score (nSPS) is 9.37. The van der Waals surface area contributed by atoms with Gasteiger partial charge in [-0.05, 0) is 31.2 Å². The second-order valence-corrected chi connectivity index (χ2v) is 3.23. The van der Waals surface area contributed by atoms with E-state index in [0.29, 0.717) is 0 Å². The Morgan fingerprint density at radius 1 is 1.16 bits per heavy atom. The monoisotopic (exact) mass is 270 g/mol. The molecule has 1 aromatic carbocycles. The van der Waals surface area contributed by atoms with E-state index in [1.54, 1.807) is 0 Å². The first-order valence-corrected chi connectivity index (χ1v) is 5.24. The van der Waals surface area contributed by atoms with Gasteiger partial charge >= 0.3 is 11.9 Å². The second kappa shape index (κ2) is 6.94. The topological polar surface area (TPSA) is 93.7 Å². The van der Waals surface area contributed by atoms with Crippen molar-refractivity contribution in [1.82, 2.24) is 10.9 Å². The van der Waals surface area contributed by atoms with Gasteiger partial charge in [0.15, 0.2) is 5.75 Å². The van der Waals surface area contributed by atoms with Crippen LogP contribution in [0.3, 0.4) is 0 Å². The molecule has 19 heavy (non-hydrogen) atoms. The van der Waals surface area contributed by atoms with Gasteiger partial charge < -0.3 is 4.74 Å². The predicted octanol–water partition coefficient (Wildman–Crippen LogP) is 0.274. The molecule has 0 aromatic heterocycles. The Morgan fingerprint density at radius 2 is 1.79 bits per heavy atom. The summed E-state index contributed by atoms with van der Waals surface area (Å²) < 4.78 is 16.2. The minimum atomic E-state index is -1.11. The van der Waals surface area contributed by atoms with Crippen molar-refractivity contribution >= 4 is 17.8 Å². The highest BCUT2D eigenvalue weighted by molar-refractivity contribution is 6.32. The number of hydrazine groups is 1. The van der Waals surface area contributed by atoms with Crippen LogP contribution in [0.15, 0.2) is 24.3 Å². The molecule has 0 atom stereocenters. The van der Waals surface area contributed by atoms with Crippen LogP contribution in [0.25, 0.3) is 0 Å². The summed E-state index contributed by atoms with van der Waals surface area (Å²) in [6.07, 6.45) is 0. The van der Waals surface area contributed by atoms with E-state index >= 15 is 0 Å². The summed E-state index contributed by atoms with van der Waals surface area (Å²) in [6, 6.07) is 5.01. The molecular weight excluding hydrogens is 259 g/mol. The summed E-state index contributed by atoms with van der Waals surface area (Å²) in [5, 5.41) is 0. The van der Waals surface area contributed by atoms with Crippen molar-refractivity contribution in [2.24, 2.45) is 0 Å². The van der Waals surface area contributed by atoms with E-state index in [2.05, 4.69) is 9.68 Å². The molecule has 8 heteroatoms. The molecule has 2 N–H and O–H groups in total. The molecule has 0 fully saturated rings. The van der Waals surface area contributed by atoms with Crippen molar-refractivity contribution < 1.29 is 28.6 Å². The molecule has 1 rings (SSSR count). The maximum absolute atomic E-state index is 11.8. The number of ether oxygens (including phenoxy) is 1. The van der Waals surface area contributed by atoms with Crippen LogP contribution in [0.5, 0.6) is 5.75 Å². The van der Waals surface area contributed by atoms with Crippen LogP contribution in [-0.2, 0) is 14.3 Å². The zero-order valence-electron chi connectivity index (χ0n) is 9.94. The number of benzene rings is 1. The van der Waals surface area contributed by atoms with Crippen molar-refractivity contribution in [3.8, 4) is 5.75 Å². The molecule has 2 amide bonds. The van der Waals surface area contributed by atoms with Gasteiger partial charge in [-0.1, -0.05) is 0 Å². The number of hydrogen-bond donors (Lipinski definition) is 2. The Kier molecular flexibility index (Phi) is 5.27. The lowest BCUT2D eigenvalue weighted by Crippen LogP contribution is -2.45. The number of rotatable bonds is 3. The fourth-order valence-electron chi connectivity index (χ4n) is 1.09. The standard InChI is InChI=1S/C11H11FN2O5/c1-2-18-11(17)10(16)14-13-9(15)7-3-5-8(19-12)6-4-7/h3-6H,2H2,1H3,(H,13,15)(H,14,16). The molecule has 0 saturated heterocycles. The number of carbonyl (C=O) groups excluding carboxylic acids is 3. The molecular formula is C11H11FN2O5. The highest BCUT2D eigenvalue weighted by atomic mass is 19.3. The molecule has 102 valence electrons. The third kappa shape index (κ3) is 4.26. The van der Waals surface area contributed by atoms with Gasteiger partial charge in [0.2, 0.25) is 0 Å². The van der Waals surface area contributed by atoms with Crippen LogP contribution < -0.4 is 15.8 Å². The van der Waals surface area contributed by atoms with Crippen LogP contribution in [0.4, 0.5) is 4.53 Å². The summed E-state index contributed by atoms with van der Waals surface area (Å²) in [5.41, 5.74) is 4.02. The summed E-state index contributed by atoms with van der Waals surface area (Å²) in [4.78, 5) is 37.0.